The van der Waals surface area contributed by atoms with Gasteiger partial charge in [0.1, 0.15) is 6.10 Å². The van der Waals surface area contributed by atoms with Gasteiger partial charge in [-0.05, 0) is 32.7 Å². The largest absolute Gasteiger partial charge is 0.373 e. The van der Waals surface area contributed by atoms with Crippen LogP contribution >= 0.6 is 0 Å². The normalized spacial score (nSPS) is 16.3. The van der Waals surface area contributed by atoms with Crippen LogP contribution < -0.4 is 5.32 Å². The molecule has 0 amide bonds. The van der Waals surface area contributed by atoms with Crippen molar-refractivity contribution in [2.75, 3.05) is 13.7 Å². The zero-order chi connectivity index (χ0) is 14.3. The Hall–Kier alpha value is -0.940. The molecule has 0 aliphatic rings. The van der Waals surface area contributed by atoms with Crippen molar-refractivity contribution < 1.29 is 9.26 Å². The lowest BCUT2D eigenvalue weighted by Gasteiger charge is -2.20. The number of rotatable bonds is 9. The van der Waals surface area contributed by atoms with Crippen molar-refractivity contribution in [3.05, 3.63) is 11.7 Å². The van der Waals surface area contributed by atoms with E-state index in [4.69, 9.17) is 9.26 Å². The fourth-order valence-corrected chi connectivity index (χ4v) is 2.24. The first-order valence-corrected chi connectivity index (χ1v) is 7.27. The highest BCUT2D eigenvalue weighted by Gasteiger charge is 2.25. The molecule has 0 saturated heterocycles. The highest BCUT2D eigenvalue weighted by molar-refractivity contribution is 4.99. The van der Waals surface area contributed by atoms with Crippen molar-refractivity contribution in [3.63, 3.8) is 0 Å². The van der Waals surface area contributed by atoms with E-state index in [0.29, 0.717) is 17.8 Å². The summed E-state index contributed by atoms with van der Waals surface area (Å²) in [6.45, 7) is 9.53. The van der Waals surface area contributed by atoms with Gasteiger partial charge in [-0.25, -0.2) is 0 Å². The quantitative estimate of drug-likeness (QED) is 0.746. The molecule has 0 saturated carbocycles. The summed E-state index contributed by atoms with van der Waals surface area (Å²) in [5, 5.41) is 7.54. The first kappa shape index (κ1) is 16.1. The van der Waals surface area contributed by atoms with Gasteiger partial charge < -0.3 is 14.6 Å². The highest BCUT2D eigenvalue weighted by Crippen LogP contribution is 2.24. The van der Waals surface area contributed by atoms with Crippen LogP contribution in [0.4, 0.5) is 0 Å². The molecule has 1 aromatic heterocycles. The second-order valence-electron chi connectivity index (χ2n) is 4.88. The lowest BCUT2D eigenvalue weighted by molar-refractivity contribution is 0.0903. The predicted octanol–water partition coefficient (Wildman–Crippen LogP) is 3.05. The fourth-order valence-electron chi connectivity index (χ4n) is 2.24. The van der Waals surface area contributed by atoms with E-state index in [-0.39, 0.29) is 12.0 Å². The molecule has 0 aromatic carbocycles. The van der Waals surface area contributed by atoms with E-state index in [1.54, 1.807) is 7.11 Å². The van der Waals surface area contributed by atoms with Crippen LogP contribution in [0, 0.1) is 0 Å². The Morgan fingerprint density at radius 2 is 2.00 bits per heavy atom. The summed E-state index contributed by atoms with van der Waals surface area (Å²) in [6.07, 6.45) is 2.87. The second kappa shape index (κ2) is 8.27. The summed E-state index contributed by atoms with van der Waals surface area (Å²) in [5.74, 6) is 1.62. The third kappa shape index (κ3) is 4.28. The Morgan fingerprint density at radius 3 is 2.53 bits per heavy atom. The fraction of sp³-hybridized carbons (Fsp3) is 0.857. The van der Waals surface area contributed by atoms with Gasteiger partial charge in [0.05, 0.1) is 5.92 Å². The molecular weight excluding hydrogens is 242 g/mol. The molecule has 0 aliphatic heterocycles. The SMILES string of the molecule is CCCNC(C)C(CC)c1nc(C(CC)OC)no1. The minimum Gasteiger partial charge on any atom is -0.373 e. The van der Waals surface area contributed by atoms with Crippen molar-refractivity contribution in [2.45, 2.75) is 65.0 Å². The molecule has 5 heteroatoms. The average Bonchev–Trinajstić information content (AvgIpc) is 2.88. The van der Waals surface area contributed by atoms with Gasteiger partial charge in [0.25, 0.3) is 0 Å². The van der Waals surface area contributed by atoms with Crippen molar-refractivity contribution in [1.82, 2.24) is 15.5 Å². The van der Waals surface area contributed by atoms with Crippen LogP contribution in [0.5, 0.6) is 0 Å². The number of ether oxygens (including phenoxy) is 1. The molecule has 0 spiro atoms. The van der Waals surface area contributed by atoms with Gasteiger partial charge in [0, 0.05) is 13.2 Å². The molecule has 0 bridgehead atoms. The molecule has 1 heterocycles. The van der Waals surface area contributed by atoms with E-state index in [2.05, 4.69) is 36.2 Å². The Bertz CT molecular complexity index is 350. The molecule has 5 nitrogen and oxygen atoms in total. The standard InChI is InChI=1S/C14H27N3O2/c1-6-9-15-10(4)11(7-2)14-16-13(17-19-14)12(8-3)18-5/h10-12,15H,6-9H2,1-5H3. The van der Waals surface area contributed by atoms with Crippen molar-refractivity contribution in [3.8, 4) is 0 Å². The molecule has 1 N–H and O–H groups in total. The maximum atomic E-state index is 5.42. The van der Waals surface area contributed by atoms with Gasteiger partial charge >= 0.3 is 0 Å². The van der Waals surface area contributed by atoms with Crippen LogP contribution in [0.25, 0.3) is 0 Å². The van der Waals surface area contributed by atoms with Crippen LogP contribution in [-0.4, -0.2) is 29.8 Å². The maximum Gasteiger partial charge on any atom is 0.231 e. The summed E-state index contributed by atoms with van der Waals surface area (Å²) < 4.78 is 10.8. The smallest absolute Gasteiger partial charge is 0.231 e. The topological polar surface area (TPSA) is 60.2 Å². The van der Waals surface area contributed by atoms with E-state index >= 15 is 0 Å². The molecule has 0 fully saturated rings. The zero-order valence-electron chi connectivity index (χ0n) is 12.8. The molecule has 1 aromatic rings. The van der Waals surface area contributed by atoms with Gasteiger partial charge in [-0.15, -0.1) is 0 Å². The summed E-state index contributed by atoms with van der Waals surface area (Å²) in [7, 11) is 1.67. The number of hydrogen-bond acceptors (Lipinski definition) is 5. The molecular formula is C14H27N3O2. The Kier molecular flexibility index (Phi) is 7.02. The molecule has 0 radical (unpaired) electrons. The molecule has 3 atom stereocenters. The van der Waals surface area contributed by atoms with Crippen molar-refractivity contribution in [2.24, 2.45) is 0 Å². The molecule has 1 rings (SSSR count). The third-order valence-electron chi connectivity index (χ3n) is 3.48. The predicted molar refractivity (Wildman–Crippen MR) is 75.1 cm³/mol. The Morgan fingerprint density at radius 1 is 1.26 bits per heavy atom. The van der Waals surface area contributed by atoms with Gasteiger partial charge in [0.15, 0.2) is 0 Å². The van der Waals surface area contributed by atoms with E-state index in [9.17, 15) is 0 Å². The van der Waals surface area contributed by atoms with Crippen LogP contribution in [-0.2, 0) is 4.74 Å². The minimum absolute atomic E-state index is 0.0751. The zero-order valence-corrected chi connectivity index (χ0v) is 12.8. The van der Waals surface area contributed by atoms with E-state index in [1.165, 1.54) is 0 Å². The number of nitrogens with zero attached hydrogens (tertiary/aromatic N) is 2. The second-order valence-corrected chi connectivity index (χ2v) is 4.88. The van der Waals surface area contributed by atoms with Crippen molar-refractivity contribution >= 4 is 0 Å². The van der Waals surface area contributed by atoms with Gasteiger partial charge in [-0.3, -0.25) is 0 Å². The molecule has 110 valence electrons. The Labute approximate surface area is 116 Å². The lowest BCUT2D eigenvalue weighted by atomic mass is 9.98. The number of methoxy groups -OCH3 is 1. The summed E-state index contributed by atoms with van der Waals surface area (Å²) in [6, 6.07) is 0.334. The van der Waals surface area contributed by atoms with Crippen LogP contribution in [0.3, 0.4) is 0 Å². The van der Waals surface area contributed by atoms with Crippen LogP contribution in [0.15, 0.2) is 4.52 Å². The first-order chi connectivity index (χ1) is 9.17. The van der Waals surface area contributed by atoms with E-state index < -0.39 is 0 Å². The van der Waals surface area contributed by atoms with E-state index in [1.807, 2.05) is 6.92 Å². The maximum absolute atomic E-state index is 5.42. The van der Waals surface area contributed by atoms with E-state index in [0.717, 1.165) is 25.8 Å². The molecule has 3 unspecified atom stereocenters. The highest BCUT2D eigenvalue weighted by atomic mass is 16.5. The monoisotopic (exact) mass is 269 g/mol. The minimum atomic E-state index is -0.0751. The summed E-state index contributed by atoms with van der Waals surface area (Å²) in [4.78, 5) is 4.51. The van der Waals surface area contributed by atoms with Gasteiger partial charge in [-0.2, -0.15) is 4.98 Å². The molecule has 0 aliphatic carbocycles. The number of nitrogens with one attached hydrogen (secondary N) is 1. The number of aromatic nitrogens is 2. The van der Waals surface area contributed by atoms with Crippen LogP contribution in [0.1, 0.15) is 70.7 Å². The lowest BCUT2D eigenvalue weighted by Crippen LogP contribution is -2.32. The first-order valence-electron chi connectivity index (χ1n) is 7.27. The Balaban J connectivity index is 2.76. The average molecular weight is 269 g/mol. The van der Waals surface area contributed by atoms with Crippen molar-refractivity contribution in [1.29, 1.82) is 0 Å². The van der Waals surface area contributed by atoms with Gasteiger partial charge in [0.2, 0.25) is 11.7 Å². The third-order valence-corrected chi connectivity index (χ3v) is 3.48. The summed E-state index contributed by atoms with van der Waals surface area (Å²) in [5.41, 5.74) is 0. The summed E-state index contributed by atoms with van der Waals surface area (Å²) >= 11 is 0. The van der Waals surface area contributed by atoms with Crippen LogP contribution in [0.2, 0.25) is 0 Å². The van der Waals surface area contributed by atoms with Gasteiger partial charge in [-0.1, -0.05) is 25.9 Å². The number of hydrogen-bond donors (Lipinski definition) is 1. The molecule has 19 heavy (non-hydrogen) atoms.